The fraction of sp³-hybridized carbons (Fsp3) is 0.429. The Morgan fingerprint density at radius 3 is 2.65 bits per heavy atom. The molecule has 0 aliphatic carbocycles. The molecule has 0 radical (unpaired) electrons. The summed E-state index contributed by atoms with van der Waals surface area (Å²) in [5.74, 6) is 0.637. The Kier molecular flexibility index (Phi) is 2.77. The minimum atomic E-state index is -0.201. The zero-order valence-corrected chi connectivity index (χ0v) is 10.7. The summed E-state index contributed by atoms with van der Waals surface area (Å²) in [6, 6.07) is 5.75. The second kappa shape index (κ2) is 3.99. The summed E-state index contributed by atoms with van der Waals surface area (Å²) in [4.78, 5) is 16.2. The van der Waals surface area contributed by atoms with Crippen molar-refractivity contribution in [2.75, 3.05) is 6.61 Å². The van der Waals surface area contributed by atoms with Crippen molar-refractivity contribution in [3.8, 4) is 0 Å². The van der Waals surface area contributed by atoms with Crippen LogP contribution >= 0.6 is 0 Å². The fourth-order valence-corrected chi connectivity index (χ4v) is 2.04. The smallest absolute Gasteiger partial charge is 0.217 e. The summed E-state index contributed by atoms with van der Waals surface area (Å²) in [5.41, 5.74) is 2.28. The first-order valence-corrected chi connectivity index (χ1v) is 5.74. The van der Waals surface area contributed by atoms with Crippen LogP contribution in [0.3, 0.4) is 0 Å². The molecule has 0 fully saturated rings. The highest BCUT2D eigenvalue weighted by atomic mass is 16.5. The van der Waals surface area contributed by atoms with Gasteiger partial charge in [-0.1, -0.05) is 12.1 Å². The molecule has 3 nitrogen and oxygen atoms in total. The highest BCUT2D eigenvalue weighted by molar-refractivity contribution is 6.08. The zero-order chi connectivity index (χ0) is 12.6. The van der Waals surface area contributed by atoms with Gasteiger partial charge in [-0.05, 0) is 39.3 Å². The normalized spacial score (nSPS) is 17.5. The van der Waals surface area contributed by atoms with Gasteiger partial charge in [0.2, 0.25) is 5.90 Å². The van der Waals surface area contributed by atoms with E-state index in [0.29, 0.717) is 18.1 Å². The van der Waals surface area contributed by atoms with E-state index in [1.807, 2.05) is 39.0 Å². The van der Waals surface area contributed by atoms with Gasteiger partial charge >= 0.3 is 0 Å². The molecule has 0 saturated carbocycles. The van der Waals surface area contributed by atoms with Crippen molar-refractivity contribution in [1.82, 2.24) is 0 Å². The van der Waals surface area contributed by atoms with Gasteiger partial charge in [-0.25, -0.2) is 4.99 Å². The number of ketones is 1. The molecule has 1 heterocycles. The lowest BCUT2D eigenvalue weighted by Crippen LogP contribution is -2.17. The molecule has 1 aliphatic rings. The number of aliphatic imine (C=N–C) groups is 1. The van der Waals surface area contributed by atoms with Gasteiger partial charge in [0.15, 0.2) is 5.78 Å². The third-order valence-electron chi connectivity index (χ3n) is 2.82. The predicted octanol–water partition coefficient (Wildman–Crippen LogP) is 2.75. The Bertz CT molecular complexity index is 501. The molecule has 0 spiro atoms. The number of Topliss-reactive ketones (excluding diaryl/α,β-unsaturated/α-hetero) is 1. The van der Waals surface area contributed by atoms with Crippen molar-refractivity contribution in [3.63, 3.8) is 0 Å². The summed E-state index contributed by atoms with van der Waals surface area (Å²) in [7, 11) is 0. The molecular weight excluding hydrogens is 214 g/mol. The average Bonchev–Trinajstić information content (AvgIpc) is 2.57. The first-order valence-electron chi connectivity index (χ1n) is 5.74. The number of nitrogens with zero attached hydrogens (tertiary/aromatic N) is 1. The number of carbonyl (C=O) groups excluding carboxylic acids is 1. The summed E-state index contributed by atoms with van der Waals surface area (Å²) < 4.78 is 5.60. The van der Waals surface area contributed by atoms with E-state index in [9.17, 15) is 4.79 Å². The molecule has 3 heteroatoms. The highest BCUT2D eigenvalue weighted by Crippen LogP contribution is 2.24. The molecule has 0 unspecified atom stereocenters. The van der Waals surface area contributed by atoms with Crippen LogP contribution in [0.25, 0.3) is 0 Å². The van der Waals surface area contributed by atoms with Gasteiger partial charge in [0, 0.05) is 11.1 Å². The third-order valence-corrected chi connectivity index (χ3v) is 2.82. The van der Waals surface area contributed by atoms with E-state index in [0.717, 1.165) is 11.1 Å². The van der Waals surface area contributed by atoms with Gasteiger partial charge in [0.1, 0.15) is 6.61 Å². The molecule has 1 aliphatic heterocycles. The van der Waals surface area contributed by atoms with Crippen LogP contribution in [0.1, 0.15) is 42.3 Å². The monoisotopic (exact) mass is 231 g/mol. The summed E-state index contributed by atoms with van der Waals surface area (Å²) in [6.45, 7) is 8.10. The highest BCUT2D eigenvalue weighted by Gasteiger charge is 2.29. The number of aryl methyl sites for hydroxylation is 1. The minimum absolute atomic E-state index is 0.0501. The number of hydrogen-bond acceptors (Lipinski definition) is 3. The second-order valence-electron chi connectivity index (χ2n) is 5.07. The van der Waals surface area contributed by atoms with Crippen LogP contribution in [0, 0.1) is 6.92 Å². The van der Waals surface area contributed by atoms with E-state index in [2.05, 4.69) is 4.99 Å². The van der Waals surface area contributed by atoms with E-state index in [-0.39, 0.29) is 11.3 Å². The van der Waals surface area contributed by atoms with Crippen LogP contribution in [-0.2, 0) is 4.74 Å². The van der Waals surface area contributed by atoms with Crippen molar-refractivity contribution in [1.29, 1.82) is 0 Å². The molecule has 0 atom stereocenters. The molecule has 1 aromatic rings. The van der Waals surface area contributed by atoms with Gasteiger partial charge in [-0.15, -0.1) is 0 Å². The summed E-state index contributed by atoms with van der Waals surface area (Å²) in [6.07, 6.45) is 0. The van der Waals surface area contributed by atoms with Crippen LogP contribution in [0.15, 0.2) is 23.2 Å². The van der Waals surface area contributed by atoms with Crippen molar-refractivity contribution in [2.45, 2.75) is 33.2 Å². The van der Waals surface area contributed by atoms with Crippen LogP contribution in [0.2, 0.25) is 0 Å². The van der Waals surface area contributed by atoms with Crippen LogP contribution in [0.5, 0.6) is 0 Å². The number of hydrogen-bond donors (Lipinski definition) is 0. The molecule has 90 valence electrons. The molecule has 2 rings (SSSR count). The van der Waals surface area contributed by atoms with Crippen LogP contribution < -0.4 is 0 Å². The molecule has 0 aromatic heterocycles. The quantitative estimate of drug-likeness (QED) is 0.734. The molecule has 0 amide bonds. The van der Waals surface area contributed by atoms with Gasteiger partial charge in [-0.3, -0.25) is 4.79 Å². The lowest BCUT2D eigenvalue weighted by molar-refractivity contribution is 0.101. The Hall–Kier alpha value is -1.64. The second-order valence-corrected chi connectivity index (χ2v) is 5.07. The number of rotatable bonds is 2. The molecule has 0 saturated heterocycles. The number of carbonyl (C=O) groups is 1. The Balaban J connectivity index is 2.54. The van der Waals surface area contributed by atoms with E-state index < -0.39 is 0 Å². The first kappa shape index (κ1) is 11.8. The topological polar surface area (TPSA) is 38.7 Å². The predicted molar refractivity (Wildman–Crippen MR) is 67.8 cm³/mol. The van der Waals surface area contributed by atoms with Crippen LogP contribution in [-0.4, -0.2) is 23.8 Å². The van der Waals surface area contributed by atoms with Gasteiger partial charge in [-0.2, -0.15) is 0 Å². The maximum atomic E-state index is 11.7. The standard InChI is InChI=1S/C14H17NO2/c1-9-6-5-7-11(12(9)10(2)16)13-15-14(3,4)8-17-13/h5-7H,8H2,1-4H3. The summed E-state index contributed by atoms with van der Waals surface area (Å²) >= 11 is 0. The lowest BCUT2D eigenvalue weighted by atomic mass is 9.99. The molecule has 1 aromatic carbocycles. The van der Waals surface area contributed by atoms with Gasteiger partial charge < -0.3 is 4.74 Å². The average molecular weight is 231 g/mol. The molecule has 0 N–H and O–H groups in total. The molecular formula is C14H17NO2. The summed E-state index contributed by atoms with van der Waals surface area (Å²) in [5, 5.41) is 0. The van der Waals surface area contributed by atoms with Crippen molar-refractivity contribution in [2.24, 2.45) is 4.99 Å². The van der Waals surface area contributed by atoms with E-state index in [1.165, 1.54) is 0 Å². The maximum Gasteiger partial charge on any atom is 0.217 e. The van der Waals surface area contributed by atoms with Crippen LogP contribution in [0.4, 0.5) is 0 Å². The minimum Gasteiger partial charge on any atom is -0.475 e. The Morgan fingerprint density at radius 2 is 2.12 bits per heavy atom. The lowest BCUT2D eigenvalue weighted by Gasteiger charge is -2.09. The number of benzene rings is 1. The zero-order valence-electron chi connectivity index (χ0n) is 10.7. The fourth-order valence-electron chi connectivity index (χ4n) is 2.04. The molecule has 0 bridgehead atoms. The maximum absolute atomic E-state index is 11.7. The molecule has 17 heavy (non-hydrogen) atoms. The van der Waals surface area contributed by atoms with E-state index in [1.54, 1.807) is 6.92 Å². The van der Waals surface area contributed by atoms with Gasteiger partial charge in [0.25, 0.3) is 0 Å². The van der Waals surface area contributed by atoms with Gasteiger partial charge in [0.05, 0.1) is 5.54 Å². The third kappa shape index (κ3) is 2.23. The Labute approximate surface area is 102 Å². The van der Waals surface area contributed by atoms with Crippen molar-refractivity contribution in [3.05, 3.63) is 34.9 Å². The van der Waals surface area contributed by atoms with Crippen molar-refractivity contribution < 1.29 is 9.53 Å². The first-order chi connectivity index (χ1) is 7.91. The van der Waals surface area contributed by atoms with Crippen molar-refractivity contribution >= 4 is 11.7 Å². The number of ether oxygens (including phenoxy) is 1. The van der Waals surface area contributed by atoms with E-state index in [4.69, 9.17) is 4.74 Å². The van der Waals surface area contributed by atoms with E-state index >= 15 is 0 Å². The largest absolute Gasteiger partial charge is 0.475 e. The SMILES string of the molecule is CC(=O)c1c(C)cccc1C1=NC(C)(C)CO1. The Morgan fingerprint density at radius 1 is 1.41 bits per heavy atom.